The van der Waals surface area contributed by atoms with Gasteiger partial charge in [0.1, 0.15) is 6.23 Å². The molecule has 10 heteroatoms. The zero-order chi connectivity index (χ0) is 14.9. The quantitative estimate of drug-likeness (QED) is 0.254. The van der Waals surface area contributed by atoms with Crippen LogP contribution in [0, 0.1) is 5.92 Å². The summed E-state index contributed by atoms with van der Waals surface area (Å²) in [5.74, 6) is -0.487. The number of alkyl halides is 1. The van der Waals surface area contributed by atoms with Crippen molar-refractivity contribution in [3.63, 3.8) is 0 Å². The molecular formula is C10H12IN5O4. The monoisotopic (exact) mass is 393 g/mol. The molecule has 0 aliphatic carbocycles. The van der Waals surface area contributed by atoms with Gasteiger partial charge in [0.25, 0.3) is 5.56 Å². The van der Waals surface area contributed by atoms with Crippen molar-refractivity contribution in [2.75, 3.05) is 4.43 Å². The van der Waals surface area contributed by atoms with Crippen LogP contribution in [-0.4, -0.2) is 30.9 Å². The Morgan fingerprint density at radius 1 is 1.70 bits per heavy atom. The number of nitrogens with one attached hydrogen (secondary N) is 1. The predicted molar refractivity (Wildman–Crippen MR) is 77.4 cm³/mol. The summed E-state index contributed by atoms with van der Waals surface area (Å²) >= 11 is 1.94. The van der Waals surface area contributed by atoms with E-state index in [1.165, 1.54) is 12.3 Å². The minimum absolute atomic E-state index is 0.231. The predicted octanol–water partition coefficient (Wildman–Crippen LogP) is 0.504. The van der Waals surface area contributed by atoms with Crippen molar-refractivity contribution >= 4 is 22.6 Å². The molecule has 0 spiro atoms. The van der Waals surface area contributed by atoms with Crippen LogP contribution in [0.15, 0.2) is 27.0 Å². The van der Waals surface area contributed by atoms with Gasteiger partial charge >= 0.3 is 5.69 Å². The number of aromatic amines is 1. The zero-order valence-corrected chi connectivity index (χ0v) is 12.6. The summed E-state index contributed by atoms with van der Waals surface area (Å²) in [5.41, 5.74) is 6.03. The van der Waals surface area contributed by atoms with Crippen molar-refractivity contribution in [2.45, 2.75) is 25.0 Å². The van der Waals surface area contributed by atoms with Gasteiger partial charge in [0, 0.05) is 27.5 Å². The van der Waals surface area contributed by atoms with Gasteiger partial charge in [-0.05, 0) is 5.53 Å². The number of aliphatic hydroxyl groups is 1. The molecule has 108 valence electrons. The average molecular weight is 393 g/mol. The van der Waals surface area contributed by atoms with Crippen molar-refractivity contribution in [3.05, 3.63) is 43.5 Å². The van der Waals surface area contributed by atoms with E-state index in [2.05, 4.69) is 15.0 Å². The standard InChI is InChI=1S/C10H12IN5O4/c1-5-7(18)10(4-11,14-15-12)20-8(5)16-3-2-6(17)13-9(16)19/h2-3,5,7-8,18H,4H2,1H3,(H,13,17,19). The van der Waals surface area contributed by atoms with E-state index < -0.39 is 35.2 Å². The molecule has 0 aromatic carbocycles. The maximum Gasteiger partial charge on any atom is 0.330 e. The molecule has 1 aliphatic heterocycles. The molecule has 1 saturated heterocycles. The van der Waals surface area contributed by atoms with Crippen LogP contribution in [0.4, 0.5) is 0 Å². The van der Waals surface area contributed by atoms with Crippen LogP contribution in [0.25, 0.3) is 10.4 Å². The van der Waals surface area contributed by atoms with Crippen LogP contribution in [0.5, 0.6) is 0 Å². The highest BCUT2D eigenvalue weighted by molar-refractivity contribution is 14.1. The normalized spacial score (nSPS) is 32.9. The lowest BCUT2D eigenvalue weighted by Gasteiger charge is -2.24. The number of hydrogen-bond acceptors (Lipinski definition) is 5. The lowest BCUT2D eigenvalue weighted by Crippen LogP contribution is -2.40. The van der Waals surface area contributed by atoms with Crippen molar-refractivity contribution < 1.29 is 9.84 Å². The van der Waals surface area contributed by atoms with Crippen molar-refractivity contribution in [3.8, 4) is 0 Å². The van der Waals surface area contributed by atoms with Crippen molar-refractivity contribution in [2.24, 2.45) is 11.0 Å². The molecule has 1 aromatic rings. The number of nitrogens with zero attached hydrogens (tertiary/aromatic N) is 4. The summed E-state index contributed by atoms with van der Waals surface area (Å²) in [4.78, 5) is 27.7. The third kappa shape index (κ3) is 2.35. The van der Waals surface area contributed by atoms with E-state index in [-0.39, 0.29) is 4.43 Å². The van der Waals surface area contributed by atoms with Gasteiger partial charge < -0.3 is 9.84 Å². The second-order valence-electron chi connectivity index (χ2n) is 4.50. The summed E-state index contributed by atoms with van der Waals surface area (Å²) in [6.45, 7) is 1.67. The number of aromatic nitrogens is 2. The Morgan fingerprint density at radius 3 is 2.95 bits per heavy atom. The van der Waals surface area contributed by atoms with E-state index in [0.29, 0.717) is 0 Å². The number of ether oxygens (including phenoxy) is 1. The highest BCUT2D eigenvalue weighted by Crippen LogP contribution is 2.42. The van der Waals surface area contributed by atoms with E-state index in [0.717, 1.165) is 4.57 Å². The fourth-order valence-corrected chi connectivity index (χ4v) is 2.97. The maximum absolute atomic E-state index is 11.8. The Hall–Kier alpha value is -1.36. The van der Waals surface area contributed by atoms with Crippen LogP contribution >= 0.6 is 22.6 Å². The number of halogens is 1. The average Bonchev–Trinajstić information content (AvgIpc) is 2.65. The Kier molecular flexibility index (Phi) is 4.18. The third-order valence-electron chi connectivity index (χ3n) is 3.27. The molecule has 2 N–H and O–H groups in total. The van der Waals surface area contributed by atoms with Gasteiger partial charge in [0.15, 0.2) is 5.72 Å². The minimum atomic E-state index is -1.42. The molecule has 20 heavy (non-hydrogen) atoms. The molecular weight excluding hydrogens is 381 g/mol. The molecule has 0 amide bonds. The number of rotatable bonds is 3. The van der Waals surface area contributed by atoms with E-state index in [4.69, 9.17) is 10.3 Å². The largest absolute Gasteiger partial charge is 0.389 e. The Balaban J connectivity index is 2.47. The molecule has 0 saturated carbocycles. The van der Waals surface area contributed by atoms with Gasteiger partial charge in [0.2, 0.25) is 0 Å². The lowest BCUT2D eigenvalue weighted by molar-refractivity contribution is -0.0828. The zero-order valence-electron chi connectivity index (χ0n) is 10.4. The first kappa shape index (κ1) is 15.0. The van der Waals surface area contributed by atoms with Crippen molar-refractivity contribution in [1.82, 2.24) is 9.55 Å². The second-order valence-corrected chi connectivity index (χ2v) is 5.26. The molecule has 9 nitrogen and oxygen atoms in total. The van der Waals surface area contributed by atoms with Crippen LogP contribution in [0.1, 0.15) is 13.2 Å². The molecule has 2 heterocycles. The summed E-state index contributed by atoms with van der Waals surface area (Å²) in [6.07, 6.45) is -0.595. The second kappa shape index (κ2) is 5.56. The van der Waals surface area contributed by atoms with Crippen LogP contribution in [0.2, 0.25) is 0 Å². The fourth-order valence-electron chi connectivity index (χ4n) is 2.19. The van der Waals surface area contributed by atoms with Gasteiger partial charge in [-0.1, -0.05) is 34.6 Å². The number of aliphatic hydroxyl groups excluding tert-OH is 1. The highest BCUT2D eigenvalue weighted by Gasteiger charge is 2.52. The summed E-state index contributed by atoms with van der Waals surface area (Å²) in [7, 11) is 0. The Labute approximate surface area is 126 Å². The molecule has 2 rings (SSSR count). The van der Waals surface area contributed by atoms with E-state index in [9.17, 15) is 14.7 Å². The number of azide groups is 1. The highest BCUT2D eigenvalue weighted by atomic mass is 127. The van der Waals surface area contributed by atoms with Crippen LogP contribution in [-0.2, 0) is 4.74 Å². The molecule has 1 fully saturated rings. The fraction of sp³-hybridized carbons (Fsp3) is 0.600. The first-order valence-electron chi connectivity index (χ1n) is 5.75. The molecule has 0 radical (unpaired) electrons. The van der Waals surface area contributed by atoms with Crippen LogP contribution < -0.4 is 11.2 Å². The Morgan fingerprint density at radius 2 is 2.40 bits per heavy atom. The van der Waals surface area contributed by atoms with E-state index >= 15 is 0 Å². The molecule has 1 aliphatic rings. The maximum atomic E-state index is 11.8. The van der Waals surface area contributed by atoms with Gasteiger partial charge in [-0.15, -0.1) is 0 Å². The smallest absolute Gasteiger partial charge is 0.330 e. The summed E-state index contributed by atoms with van der Waals surface area (Å²) in [6, 6.07) is 1.18. The first-order chi connectivity index (χ1) is 9.45. The van der Waals surface area contributed by atoms with Gasteiger partial charge in [0.05, 0.1) is 6.10 Å². The summed E-state index contributed by atoms with van der Waals surface area (Å²) in [5, 5.41) is 13.8. The molecule has 0 bridgehead atoms. The molecule has 4 unspecified atom stereocenters. The van der Waals surface area contributed by atoms with Gasteiger partial charge in [-0.25, -0.2) is 4.79 Å². The van der Waals surface area contributed by atoms with E-state index in [1.807, 2.05) is 22.6 Å². The third-order valence-corrected chi connectivity index (χ3v) is 4.36. The van der Waals surface area contributed by atoms with Crippen LogP contribution in [0.3, 0.4) is 0 Å². The van der Waals surface area contributed by atoms with Gasteiger partial charge in [-0.3, -0.25) is 14.3 Å². The topological polar surface area (TPSA) is 133 Å². The molecule has 4 atom stereocenters. The van der Waals surface area contributed by atoms with E-state index in [1.54, 1.807) is 6.92 Å². The minimum Gasteiger partial charge on any atom is -0.389 e. The molecule has 1 aromatic heterocycles. The first-order valence-corrected chi connectivity index (χ1v) is 7.27. The Bertz CT molecular complexity index is 666. The van der Waals surface area contributed by atoms with Crippen molar-refractivity contribution in [1.29, 1.82) is 0 Å². The SMILES string of the molecule is CC1C(n2ccc(=O)[nH]c2=O)OC(CI)(N=[N+]=[N-])C1O. The number of hydrogen-bond donors (Lipinski definition) is 2. The number of H-pyrrole nitrogens is 1. The lowest BCUT2D eigenvalue weighted by atomic mass is 9.99. The van der Waals surface area contributed by atoms with Gasteiger partial charge in [-0.2, -0.15) is 0 Å². The summed E-state index contributed by atoms with van der Waals surface area (Å²) < 4.78 is 7.03.